The van der Waals surface area contributed by atoms with Crippen molar-refractivity contribution in [2.75, 3.05) is 7.11 Å². The Morgan fingerprint density at radius 3 is 2.58 bits per heavy atom. The van der Waals surface area contributed by atoms with Crippen molar-refractivity contribution in [2.45, 2.75) is 33.9 Å². The molecule has 0 saturated heterocycles. The van der Waals surface area contributed by atoms with Gasteiger partial charge in [0.25, 0.3) is 0 Å². The number of aryl methyl sites for hydroxylation is 3. The Hall–Kier alpha value is -1.81. The van der Waals surface area contributed by atoms with Gasteiger partial charge >= 0.3 is 0 Å². The summed E-state index contributed by atoms with van der Waals surface area (Å²) in [6, 6.07) is 6.18. The summed E-state index contributed by atoms with van der Waals surface area (Å²) in [5, 5.41) is 3.33. The molecule has 102 valence electrons. The summed E-state index contributed by atoms with van der Waals surface area (Å²) in [7, 11) is 1.69. The first kappa shape index (κ1) is 13.6. The van der Waals surface area contributed by atoms with Crippen LogP contribution in [-0.4, -0.2) is 12.1 Å². The van der Waals surface area contributed by atoms with E-state index in [1.165, 1.54) is 5.56 Å². The second-order valence-corrected chi connectivity index (χ2v) is 4.66. The van der Waals surface area contributed by atoms with Crippen LogP contribution >= 0.6 is 0 Å². The molecule has 0 aliphatic rings. The molecule has 1 aromatic heterocycles. The molecule has 4 heteroatoms. The van der Waals surface area contributed by atoms with E-state index in [1.54, 1.807) is 7.11 Å². The fraction of sp³-hybridized carbons (Fsp3) is 0.400. The van der Waals surface area contributed by atoms with Crippen molar-refractivity contribution in [3.8, 4) is 5.75 Å². The van der Waals surface area contributed by atoms with Crippen LogP contribution in [0.15, 0.2) is 22.6 Å². The average Bonchev–Trinajstić information content (AvgIpc) is 2.69. The Morgan fingerprint density at radius 2 is 2.00 bits per heavy atom. The van der Waals surface area contributed by atoms with Crippen molar-refractivity contribution in [2.24, 2.45) is 0 Å². The van der Waals surface area contributed by atoms with Crippen LogP contribution in [0, 0.1) is 20.8 Å². The Kier molecular flexibility index (Phi) is 4.22. The molecule has 0 aliphatic heterocycles. The summed E-state index contributed by atoms with van der Waals surface area (Å²) >= 11 is 0. The minimum Gasteiger partial charge on any atom is -0.496 e. The highest BCUT2D eigenvalue weighted by Gasteiger charge is 2.05. The molecule has 0 aliphatic carbocycles. The van der Waals surface area contributed by atoms with Crippen LogP contribution in [0.3, 0.4) is 0 Å². The standard InChI is InChI=1S/C15H20N2O2/c1-10-7-13(5-6-14(10)18-4)8-16-9-15-17-11(2)12(3)19-15/h5-7,16H,8-9H2,1-4H3. The first-order valence-corrected chi connectivity index (χ1v) is 6.37. The zero-order chi connectivity index (χ0) is 13.8. The number of oxazole rings is 1. The van der Waals surface area contributed by atoms with E-state index < -0.39 is 0 Å². The summed E-state index contributed by atoms with van der Waals surface area (Å²) in [4.78, 5) is 4.34. The van der Waals surface area contributed by atoms with E-state index in [4.69, 9.17) is 9.15 Å². The van der Waals surface area contributed by atoms with E-state index in [0.29, 0.717) is 6.54 Å². The van der Waals surface area contributed by atoms with Crippen LogP contribution in [0.2, 0.25) is 0 Å². The minimum atomic E-state index is 0.639. The van der Waals surface area contributed by atoms with Crippen LogP contribution in [0.25, 0.3) is 0 Å². The lowest BCUT2D eigenvalue weighted by Crippen LogP contribution is -2.13. The molecule has 1 N–H and O–H groups in total. The molecule has 0 radical (unpaired) electrons. The van der Waals surface area contributed by atoms with Gasteiger partial charge in [0.15, 0.2) is 0 Å². The summed E-state index contributed by atoms with van der Waals surface area (Å²) < 4.78 is 10.8. The van der Waals surface area contributed by atoms with Gasteiger partial charge in [-0.15, -0.1) is 0 Å². The number of benzene rings is 1. The maximum Gasteiger partial charge on any atom is 0.208 e. The zero-order valence-electron chi connectivity index (χ0n) is 11.9. The molecule has 0 unspecified atom stereocenters. The monoisotopic (exact) mass is 260 g/mol. The van der Waals surface area contributed by atoms with Crippen molar-refractivity contribution >= 4 is 0 Å². The smallest absolute Gasteiger partial charge is 0.208 e. The van der Waals surface area contributed by atoms with Gasteiger partial charge < -0.3 is 14.5 Å². The van der Waals surface area contributed by atoms with E-state index in [1.807, 2.05) is 26.8 Å². The number of hydrogen-bond acceptors (Lipinski definition) is 4. The van der Waals surface area contributed by atoms with Crippen molar-refractivity contribution < 1.29 is 9.15 Å². The number of nitrogens with one attached hydrogen (secondary N) is 1. The fourth-order valence-electron chi connectivity index (χ4n) is 1.98. The molecule has 0 bridgehead atoms. The van der Waals surface area contributed by atoms with E-state index in [-0.39, 0.29) is 0 Å². The van der Waals surface area contributed by atoms with Crippen molar-refractivity contribution in [1.29, 1.82) is 0 Å². The molecular formula is C15H20N2O2. The molecular weight excluding hydrogens is 240 g/mol. The lowest BCUT2D eigenvalue weighted by Gasteiger charge is -2.07. The lowest BCUT2D eigenvalue weighted by molar-refractivity contribution is 0.411. The topological polar surface area (TPSA) is 47.3 Å². The number of methoxy groups -OCH3 is 1. The summed E-state index contributed by atoms with van der Waals surface area (Å²) in [5.74, 6) is 2.54. The minimum absolute atomic E-state index is 0.639. The number of hydrogen-bond donors (Lipinski definition) is 1. The van der Waals surface area contributed by atoms with E-state index in [2.05, 4.69) is 22.4 Å². The summed E-state index contributed by atoms with van der Waals surface area (Å²) in [6.45, 7) is 7.35. The number of aromatic nitrogens is 1. The van der Waals surface area contributed by atoms with Crippen molar-refractivity contribution in [1.82, 2.24) is 10.3 Å². The molecule has 0 fully saturated rings. The third-order valence-corrected chi connectivity index (χ3v) is 3.14. The summed E-state index contributed by atoms with van der Waals surface area (Å²) in [5.41, 5.74) is 3.32. The van der Waals surface area contributed by atoms with Gasteiger partial charge in [-0.25, -0.2) is 4.98 Å². The van der Waals surface area contributed by atoms with Crippen LogP contribution in [-0.2, 0) is 13.1 Å². The van der Waals surface area contributed by atoms with E-state index in [9.17, 15) is 0 Å². The van der Waals surface area contributed by atoms with Gasteiger partial charge in [0.1, 0.15) is 11.5 Å². The molecule has 2 aromatic rings. The predicted octanol–water partition coefficient (Wildman–Crippen LogP) is 2.90. The highest BCUT2D eigenvalue weighted by molar-refractivity contribution is 5.36. The maximum absolute atomic E-state index is 5.52. The summed E-state index contributed by atoms with van der Waals surface area (Å²) in [6.07, 6.45) is 0. The number of nitrogens with zero attached hydrogens (tertiary/aromatic N) is 1. The Balaban J connectivity index is 1.90. The molecule has 1 aromatic carbocycles. The van der Waals surface area contributed by atoms with Gasteiger partial charge in [0, 0.05) is 6.54 Å². The quantitative estimate of drug-likeness (QED) is 0.898. The van der Waals surface area contributed by atoms with Crippen LogP contribution in [0.5, 0.6) is 5.75 Å². The van der Waals surface area contributed by atoms with Gasteiger partial charge in [0.05, 0.1) is 19.3 Å². The fourth-order valence-corrected chi connectivity index (χ4v) is 1.98. The molecule has 19 heavy (non-hydrogen) atoms. The molecule has 2 rings (SSSR count). The Bertz CT molecular complexity index is 542. The van der Waals surface area contributed by atoms with Crippen LogP contribution in [0.1, 0.15) is 28.5 Å². The van der Waals surface area contributed by atoms with Gasteiger partial charge in [-0.05, 0) is 38.0 Å². The predicted molar refractivity (Wildman–Crippen MR) is 74.3 cm³/mol. The normalized spacial score (nSPS) is 10.7. The van der Waals surface area contributed by atoms with Gasteiger partial charge in [-0.2, -0.15) is 0 Å². The second-order valence-electron chi connectivity index (χ2n) is 4.66. The van der Waals surface area contributed by atoms with Gasteiger partial charge in [-0.1, -0.05) is 12.1 Å². The second kappa shape index (κ2) is 5.89. The Morgan fingerprint density at radius 1 is 1.21 bits per heavy atom. The highest BCUT2D eigenvalue weighted by atomic mass is 16.5. The molecule has 0 saturated carbocycles. The van der Waals surface area contributed by atoms with E-state index >= 15 is 0 Å². The van der Waals surface area contributed by atoms with E-state index in [0.717, 1.165) is 35.2 Å². The molecule has 4 nitrogen and oxygen atoms in total. The molecule has 1 heterocycles. The number of ether oxygens (including phenoxy) is 1. The first-order chi connectivity index (χ1) is 9.10. The van der Waals surface area contributed by atoms with Crippen LogP contribution < -0.4 is 10.1 Å². The molecule has 0 spiro atoms. The SMILES string of the molecule is COc1ccc(CNCc2nc(C)c(C)o2)cc1C. The van der Waals surface area contributed by atoms with Gasteiger partial charge in [-0.3, -0.25) is 0 Å². The first-order valence-electron chi connectivity index (χ1n) is 6.37. The molecule has 0 amide bonds. The van der Waals surface area contributed by atoms with Gasteiger partial charge in [0.2, 0.25) is 5.89 Å². The zero-order valence-corrected chi connectivity index (χ0v) is 11.9. The third-order valence-electron chi connectivity index (χ3n) is 3.14. The molecule has 0 atom stereocenters. The van der Waals surface area contributed by atoms with Crippen LogP contribution in [0.4, 0.5) is 0 Å². The third kappa shape index (κ3) is 3.35. The number of rotatable bonds is 5. The lowest BCUT2D eigenvalue weighted by atomic mass is 10.1. The van der Waals surface area contributed by atoms with Crippen molar-refractivity contribution in [3.05, 3.63) is 46.7 Å². The Labute approximate surface area is 113 Å². The largest absolute Gasteiger partial charge is 0.496 e. The highest BCUT2D eigenvalue weighted by Crippen LogP contribution is 2.18. The van der Waals surface area contributed by atoms with Crippen molar-refractivity contribution in [3.63, 3.8) is 0 Å². The average molecular weight is 260 g/mol. The maximum atomic E-state index is 5.52.